The number of hydrogen-bond donors (Lipinski definition) is 2. The van der Waals surface area contributed by atoms with Crippen LogP contribution >= 0.6 is 11.6 Å². The van der Waals surface area contributed by atoms with Crippen LogP contribution in [-0.4, -0.2) is 21.7 Å². The first-order valence-corrected chi connectivity index (χ1v) is 12.3. The van der Waals surface area contributed by atoms with E-state index < -0.39 is 0 Å². The third-order valence-electron chi connectivity index (χ3n) is 6.73. The number of halogens is 1. The van der Waals surface area contributed by atoms with E-state index >= 15 is 0 Å². The summed E-state index contributed by atoms with van der Waals surface area (Å²) in [5, 5.41) is 19.8. The first-order chi connectivity index (χ1) is 14.5. The van der Waals surface area contributed by atoms with Gasteiger partial charge in [0.25, 0.3) is 0 Å². The summed E-state index contributed by atoms with van der Waals surface area (Å²) in [5.41, 5.74) is 2.81. The molecule has 5 atom stereocenters. The molecular formula is C27H41ClO2. The molecule has 1 aromatic carbocycles. The first kappa shape index (κ1) is 25.0. The molecule has 0 bridgehead atoms. The van der Waals surface area contributed by atoms with Gasteiger partial charge in [-0.25, -0.2) is 0 Å². The van der Waals surface area contributed by atoms with Crippen LogP contribution in [0.4, 0.5) is 0 Å². The normalized spacial score (nSPS) is 25.1. The maximum Gasteiger partial charge on any atom is 0.0851 e. The summed E-state index contributed by atoms with van der Waals surface area (Å²) in [4.78, 5) is 0. The van der Waals surface area contributed by atoms with Crippen molar-refractivity contribution in [2.24, 2.45) is 11.8 Å². The highest BCUT2D eigenvalue weighted by Gasteiger charge is 2.40. The van der Waals surface area contributed by atoms with Crippen LogP contribution in [-0.2, 0) is 6.42 Å². The largest absolute Gasteiger partial charge is 0.513 e. The Morgan fingerprint density at radius 1 is 1.20 bits per heavy atom. The van der Waals surface area contributed by atoms with Gasteiger partial charge in [-0.3, -0.25) is 0 Å². The van der Waals surface area contributed by atoms with Gasteiger partial charge in [-0.2, -0.15) is 0 Å². The Kier molecular flexibility index (Phi) is 11.0. The van der Waals surface area contributed by atoms with E-state index in [1.54, 1.807) is 0 Å². The number of hydrogen-bond acceptors (Lipinski definition) is 2. The van der Waals surface area contributed by atoms with Crippen LogP contribution in [0.3, 0.4) is 0 Å². The molecule has 0 spiro atoms. The van der Waals surface area contributed by atoms with Gasteiger partial charge in [0.15, 0.2) is 0 Å². The van der Waals surface area contributed by atoms with E-state index in [4.69, 9.17) is 16.7 Å². The van der Waals surface area contributed by atoms with Crippen molar-refractivity contribution in [2.45, 2.75) is 95.5 Å². The van der Waals surface area contributed by atoms with Gasteiger partial charge in [0.2, 0.25) is 0 Å². The standard InChI is InChI=1S/C27H41ClO2/c1-4-10-22(5-2)23-16-13-21(14-17-23)15-18-25-24(26(28)19-27(25)30)12-9-7-6-8-11-20(3)29/h7,9,13-14,16-17,22,24-27,29-30H,3-6,8,10-12,15,18-19H2,1-2H3/b9-7-/t22?,24-,25-,26-,27-/m1/s1. The molecule has 2 nitrogen and oxygen atoms in total. The number of alkyl halides is 1. The van der Waals surface area contributed by atoms with Crippen molar-refractivity contribution in [3.63, 3.8) is 0 Å². The Hall–Kier alpha value is -1.25. The molecule has 0 amide bonds. The third kappa shape index (κ3) is 7.78. The van der Waals surface area contributed by atoms with Gasteiger partial charge < -0.3 is 10.2 Å². The van der Waals surface area contributed by atoms with Crippen molar-refractivity contribution in [3.8, 4) is 0 Å². The Morgan fingerprint density at radius 3 is 2.57 bits per heavy atom. The number of allylic oxidation sites excluding steroid dienone is 3. The van der Waals surface area contributed by atoms with E-state index in [0.717, 1.165) is 32.1 Å². The van der Waals surface area contributed by atoms with E-state index in [1.807, 2.05) is 0 Å². The Labute approximate surface area is 189 Å². The topological polar surface area (TPSA) is 40.5 Å². The number of aryl methyl sites for hydroxylation is 1. The fourth-order valence-electron chi connectivity index (χ4n) is 4.90. The van der Waals surface area contributed by atoms with Crippen LogP contribution in [0.15, 0.2) is 48.8 Å². The first-order valence-electron chi connectivity index (χ1n) is 11.9. The summed E-state index contributed by atoms with van der Waals surface area (Å²) >= 11 is 6.59. The molecule has 1 aliphatic rings. The molecule has 0 radical (unpaired) electrons. The predicted molar refractivity (Wildman–Crippen MR) is 129 cm³/mol. The van der Waals surface area contributed by atoms with E-state index in [0.29, 0.717) is 24.7 Å². The molecule has 1 unspecified atom stereocenters. The van der Waals surface area contributed by atoms with Crippen LogP contribution in [0.2, 0.25) is 0 Å². The second-order valence-corrected chi connectivity index (χ2v) is 9.55. The molecule has 30 heavy (non-hydrogen) atoms. The molecule has 1 saturated carbocycles. The van der Waals surface area contributed by atoms with Crippen molar-refractivity contribution in [1.29, 1.82) is 0 Å². The van der Waals surface area contributed by atoms with Crippen molar-refractivity contribution in [3.05, 3.63) is 59.9 Å². The van der Waals surface area contributed by atoms with Crippen molar-refractivity contribution >= 4 is 11.6 Å². The van der Waals surface area contributed by atoms with E-state index in [-0.39, 0.29) is 23.2 Å². The lowest BCUT2D eigenvalue weighted by atomic mass is 9.86. The number of rotatable bonds is 13. The average Bonchev–Trinajstić information content (AvgIpc) is 2.99. The zero-order valence-corrected chi connectivity index (χ0v) is 19.7. The molecule has 1 fully saturated rings. The average molecular weight is 433 g/mol. The minimum Gasteiger partial charge on any atom is -0.513 e. The zero-order chi connectivity index (χ0) is 21.9. The molecule has 1 aromatic rings. The van der Waals surface area contributed by atoms with Crippen molar-refractivity contribution in [1.82, 2.24) is 0 Å². The van der Waals surface area contributed by atoms with E-state index in [1.165, 1.54) is 30.4 Å². The minimum absolute atomic E-state index is 0.0496. The minimum atomic E-state index is -0.295. The maximum atomic E-state index is 10.6. The second kappa shape index (κ2) is 13.2. The smallest absolute Gasteiger partial charge is 0.0851 e. The molecule has 2 N–H and O–H groups in total. The van der Waals surface area contributed by atoms with Crippen LogP contribution < -0.4 is 0 Å². The lowest BCUT2D eigenvalue weighted by molar-refractivity contribution is 0.112. The van der Waals surface area contributed by atoms with Gasteiger partial charge in [-0.1, -0.05) is 63.3 Å². The fraction of sp³-hybridized carbons (Fsp3) is 0.630. The van der Waals surface area contributed by atoms with Crippen LogP contribution in [0.1, 0.15) is 88.7 Å². The lowest BCUT2D eigenvalue weighted by Crippen LogP contribution is -2.21. The van der Waals surface area contributed by atoms with Gasteiger partial charge in [0, 0.05) is 11.8 Å². The van der Waals surface area contributed by atoms with Gasteiger partial charge >= 0.3 is 0 Å². The highest BCUT2D eigenvalue weighted by Crippen LogP contribution is 2.41. The zero-order valence-electron chi connectivity index (χ0n) is 18.9. The van der Waals surface area contributed by atoms with E-state index in [9.17, 15) is 5.11 Å². The second-order valence-electron chi connectivity index (χ2n) is 8.99. The van der Waals surface area contributed by atoms with Crippen LogP contribution in [0.5, 0.6) is 0 Å². The van der Waals surface area contributed by atoms with Crippen molar-refractivity contribution < 1.29 is 10.2 Å². The molecule has 0 aliphatic heterocycles. The van der Waals surface area contributed by atoms with Crippen LogP contribution in [0, 0.1) is 11.8 Å². The molecule has 1 aliphatic carbocycles. The molecule has 0 saturated heterocycles. The summed E-state index contributed by atoms with van der Waals surface area (Å²) < 4.78 is 0. The Morgan fingerprint density at radius 2 is 1.93 bits per heavy atom. The van der Waals surface area contributed by atoms with Gasteiger partial charge in [-0.05, 0) is 80.2 Å². The number of aliphatic hydroxyl groups excluding tert-OH is 2. The third-order valence-corrected chi connectivity index (χ3v) is 7.24. The number of unbranched alkanes of at least 4 members (excludes halogenated alkanes) is 1. The fourth-order valence-corrected chi connectivity index (χ4v) is 5.37. The summed E-state index contributed by atoms with van der Waals surface area (Å²) in [6.45, 7) is 8.05. The molecule has 0 heterocycles. The van der Waals surface area contributed by atoms with Gasteiger partial charge in [0.05, 0.1) is 11.9 Å². The monoisotopic (exact) mass is 432 g/mol. The summed E-state index contributed by atoms with van der Waals surface area (Å²) in [5.74, 6) is 1.52. The molecular weight excluding hydrogens is 392 g/mol. The number of aliphatic hydroxyl groups is 2. The van der Waals surface area contributed by atoms with Gasteiger partial charge in [-0.15, -0.1) is 11.6 Å². The maximum absolute atomic E-state index is 10.6. The summed E-state index contributed by atoms with van der Waals surface area (Å²) in [7, 11) is 0. The summed E-state index contributed by atoms with van der Waals surface area (Å²) in [6, 6.07) is 9.15. The van der Waals surface area contributed by atoms with Crippen molar-refractivity contribution in [2.75, 3.05) is 0 Å². The quantitative estimate of drug-likeness (QED) is 0.145. The highest BCUT2D eigenvalue weighted by molar-refractivity contribution is 6.21. The number of benzene rings is 1. The molecule has 3 heteroatoms. The highest BCUT2D eigenvalue weighted by atomic mass is 35.5. The molecule has 2 rings (SSSR count). The Bertz CT molecular complexity index is 651. The molecule has 0 aromatic heterocycles. The SMILES string of the molecule is C=C(O)CCC/C=C\C[C@@H]1[C@@H](CCc2ccc(C(CC)CCC)cc2)[C@H](O)C[C@H]1Cl. The lowest BCUT2D eigenvalue weighted by Gasteiger charge is -2.22. The van der Waals surface area contributed by atoms with Crippen LogP contribution in [0.25, 0.3) is 0 Å². The molecule has 168 valence electrons. The summed E-state index contributed by atoms with van der Waals surface area (Å²) in [6.07, 6.45) is 13.9. The van der Waals surface area contributed by atoms with Gasteiger partial charge in [0.1, 0.15) is 0 Å². The van der Waals surface area contributed by atoms with E-state index in [2.05, 4.69) is 56.8 Å². The Balaban J connectivity index is 1.87. The predicted octanol–water partition coefficient (Wildman–Crippen LogP) is 7.71.